The summed E-state index contributed by atoms with van der Waals surface area (Å²) in [5.41, 5.74) is 0. The van der Waals surface area contributed by atoms with Crippen molar-refractivity contribution < 1.29 is 9.47 Å². The molecule has 0 aliphatic carbocycles. The van der Waals surface area contributed by atoms with Crippen molar-refractivity contribution in [2.75, 3.05) is 37.5 Å². The number of hydrogen-bond acceptors (Lipinski definition) is 6. The fourth-order valence-corrected chi connectivity index (χ4v) is 2.79. The van der Waals surface area contributed by atoms with Crippen molar-refractivity contribution in [3.8, 4) is 11.5 Å². The molecule has 6 nitrogen and oxygen atoms in total. The Kier molecular flexibility index (Phi) is 4.80. The smallest absolute Gasteiger partial charge is 0.161 e. The molecule has 1 N–H and O–H groups in total. The summed E-state index contributed by atoms with van der Waals surface area (Å²) < 4.78 is 11.5. The number of piperidine rings is 1. The van der Waals surface area contributed by atoms with E-state index in [2.05, 4.69) is 20.2 Å². The molecule has 122 valence electrons. The van der Waals surface area contributed by atoms with Gasteiger partial charge in [-0.1, -0.05) is 12.1 Å². The first kappa shape index (κ1) is 15.4. The van der Waals surface area contributed by atoms with Gasteiger partial charge in [0, 0.05) is 19.7 Å². The first-order chi connectivity index (χ1) is 11.3. The van der Waals surface area contributed by atoms with Crippen LogP contribution in [0.3, 0.4) is 0 Å². The Morgan fingerprint density at radius 2 is 2.04 bits per heavy atom. The number of benzene rings is 1. The third-order valence-corrected chi connectivity index (χ3v) is 3.97. The quantitative estimate of drug-likeness (QED) is 0.915. The number of hydrogen-bond donors (Lipinski definition) is 1. The van der Waals surface area contributed by atoms with Crippen LogP contribution in [-0.4, -0.2) is 43.3 Å². The van der Waals surface area contributed by atoms with Crippen molar-refractivity contribution in [2.45, 2.75) is 18.9 Å². The van der Waals surface area contributed by atoms with Crippen molar-refractivity contribution in [3.63, 3.8) is 0 Å². The van der Waals surface area contributed by atoms with Gasteiger partial charge in [-0.05, 0) is 25.0 Å². The van der Waals surface area contributed by atoms with E-state index in [1.807, 2.05) is 37.4 Å². The van der Waals surface area contributed by atoms with Gasteiger partial charge in [0.2, 0.25) is 0 Å². The number of aromatic nitrogens is 2. The highest BCUT2D eigenvalue weighted by molar-refractivity contribution is 5.48. The largest absolute Gasteiger partial charge is 0.493 e. The summed E-state index contributed by atoms with van der Waals surface area (Å²) in [6, 6.07) is 9.73. The van der Waals surface area contributed by atoms with Gasteiger partial charge in [-0.15, -0.1) is 0 Å². The van der Waals surface area contributed by atoms with Crippen molar-refractivity contribution in [3.05, 3.63) is 36.7 Å². The maximum absolute atomic E-state index is 6.16. The molecule has 23 heavy (non-hydrogen) atoms. The monoisotopic (exact) mass is 314 g/mol. The van der Waals surface area contributed by atoms with Gasteiger partial charge in [-0.25, -0.2) is 9.97 Å². The van der Waals surface area contributed by atoms with Crippen LogP contribution in [-0.2, 0) is 0 Å². The summed E-state index contributed by atoms with van der Waals surface area (Å²) in [7, 11) is 3.52. The number of methoxy groups -OCH3 is 1. The highest BCUT2D eigenvalue weighted by atomic mass is 16.5. The molecule has 1 atom stereocenters. The van der Waals surface area contributed by atoms with Gasteiger partial charge in [0.1, 0.15) is 24.1 Å². The second kappa shape index (κ2) is 7.17. The lowest BCUT2D eigenvalue weighted by Gasteiger charge is -2.33. The van der Waals surface area contributed by atoms with Gasteiger partial charge in [-0.2, -0.15) is 0 Å². The van der Waals surface area contributed by atoms with Gasteiger partial charge in [0.15, 0.2) is 11.5 Å². The summed E-state index contributed by atoms with van der Waals surface area (Å²) >= 11 is 0. The Balaban J connectivity index is 1.70. The van der Waals surface area contributed by atoms with Crippen LogP contribution in [0.25, 0.3) is 0 Å². The molecule has 1 unspecified atom stereocenters. The van der Waals surface area contributed by atoms with Crippen LogP contribution < -0.4 is 19.7 Å². The van der Waals surface area contributed by atoms with E-state index in [1.54, 1.807) is 13.4 Å². The number of rotatable bonds is 5. The maximum atomic E-state index is 6.16. The second-order valence-corrected chi connectivity index (χ2v) is 5.49. The van der Waals surface area contributed by atoms with E-state index in [9.17, 15) is 0 Å². The Morgan fingerprint density at radius 1 is 1.22 bits per heavy atom. The maximum Gasteiger partial charge on any atom is 0.161 e. The summed E-state index contributed by atoms with van der Waals surface area (Å²) in [4.78, 5) is 10.8. The molecule has 3 rings (SSSR count). The highest BCUT2D eigenvalue weighted by Gasteiger charge is 2.23. The molecular formula is C17H22N4O2. The normalized spacial score (nSPS) is 17.7. The molecule has 6 heteroatoms. The number of anilines is 2. The van der Waals surface area contributed by atoms with Crippen LogP contribution in [0, 0.1) is 0 Å². The second-order valence-electron chi connectivity index (χ2n) is 5.49. The molecule has 2 aromatic rings. The highest BCUT2D eigenvalue weighted by Crippen LogP contribution is 2.29. The minimum atomic E-state index is 0.119. The standard InChI is InChI=1S/C17H22N4O2/c1-18-16-10-17(20-12-19-16)21-9-5-6-13(11-21)23-15-8-4-3-7-14(15)22-2/h3-4,7-8,10,12-13H,5-6,9,11H2,1-2H3,(H,18,19,20). The average molecular weight is 314 g/mol. The number of ether oxygens (including phenoxy) is 2. The van der Waals surface area contributed by atoms with Crippen LogP contribution >= 0.6 is 0 Å². The van der Waals surface area contributed by atoms with Gasteiger partial charge < -0.3 is 19.7 Å². The summed E-state index contributed by atoms with van der Waals surface area (Å²) in [6.07, 6.45) is 3.80. The number of nitrogens with zero attached hydrogens (tertiary/aromatic N) is 3. The van der Waals surface area contributed by atoms with Gasteiger partial charge >= 0.3 is 0 Å². The van der Waals surface area contributed by atoms with Gasteiger partial charge in [0.05, 0.1) is 13.7 Å². The fourth-order valence-electron chi connectivity index (χ4n) is 2.79. The summed E-state index contributed by atoms with van der Waals surface area (Å²) in [5.74, 6) is 3.31. The van der Waals surface area contributed by atoms with Gasteiger partial charge in [0.25, 0.3) is 0 Å². The predicted molar refractivity (Wildman–Crippen MR) is 90.4 cm³/mol. The van der Waals surface area contributed by atoms with Crippen LogP contribution in [0.1, 0.15) is 12.8 Å². The Morgan fingerprint density at radius 3 is 2.83 bits per heavy atom. The predicted octanol–water partition coefficient (Wildman–Crippen LogP) is 2.57. The zero-order chi connectivity index (χ0) is 16.1. The van der Waals surface area contributed by atoms with E-state index in [1.165, 1.54) is 0 Å². The van der Waals surface area contributed by atoms with E-state index >= 15 is 0 Å². The third-order valence-electron chi connectivity index (χ3n) is 3.97. The molecule has 1 saturated heterocycles. The van der Waals surface area contributed by atoms with Crippen LogP contribution in [0.2, 0.25) is 0 Å². The van der Waals surface area contributed by atoms with Crippen molar-refractivity contribution in [1.29, 1.82) is 0 Å². The Bertz CT molecular complexity index is 650. The lowest BCUT2D eigenvalue weighted by atomic mass is 10.1. The minimum Gasteiger partial charge on any atom is -0.493 e. The molecule has 1 fully saturated rings. The van der Waals surface area contributed by atoms with E-state index < -0.39 is 0 Å². The van der Waals surface area contributed by atoms with Crippen molar-refractivity contribution >= 4 is 11.6 Å². The third kappa shape index (κ3) is 3.64. The topological polar surface area (TPSA) is 59.5 Å². The molecular weight excluding hydrogens is 292 g/mol. The van der Waals surface area contributed by atoms with Crippen LogP contribution in [0.15, 0.2) is 36.7 Å². The molecule has 0 radical (unpaired) electrons. The van der Waals surface area contributed by atoms with E-state index in [0.717, 1.165) is 49.1 Å². The van der Waals surface area contributed by atoms with E-state index in [4.69, 9.17) is 9.47 Å². The average Bonchev–Trinajstić information content (AvgIpc) is 2.62. The number of para-hydroxylation sites is 2. The molecule has 0 saturated carbocycles. The molecule has 0 amide bonds. The minimum absolute atomic E-state index is 0.119. The Labute approximate surface area is 136 Å². The lowest BCUT2D eigenvalue weighted by Crippen LogP contribution is -2.41. The van der Waals surface area contributed by atoms with E-state index in [-0.39, 0.29) is 6.10 Å². The number of nitrogens with one attached hydrogen (secondary N) is 1. The first-order valence-electron chi connectivity index (χ1n) is 7.84. The Hall–Kier alpha value is -2.50. The van der Waals surface area contributed by atoms with Crippen LogP contribution in [0.5, 0.6) is 11.5 Å². The van der Waals surface area contributed by atoms with Crippen molar-refractivity contribution in [2.24, 2.45) is 0 Å². The zero-order valence-electron chi connectivity index (χ0n) is 13.5. The zero-order valence-corrected chi connectivity index (χ0v) is 13.5. The molecule has 0 spiro atoms. The molecule has 1 aliphatic rings. The van der Waals surface area contributed by atoms with E-state index in [0.29, 0.717) is 0 Å². The van der Waals surface area contributed by atoms with Crippen LogP contribution in [0.4, 0.5) is 11.6 Å². The van der Waals surface area contributed by atoms with Gasteiger partial charge in [-0.3, -0.25) is 0 Å². The SMILES string of the molecule is CNc1cc(N2CCCC(Oc3ccccc3OC)C2)ncn1. The lowest BCUT2D eigenvalue weighted by molar-refractivity contribution is 0.172. The molecule has 0 bridgehead atoms. The van der Waals surface area contributed by atoms with Crippen molar-refractivity contribution in [1.82, 2.24) is 9.97 Å². The summed E-state index contributed by atoms with van der Waals surface area (Å²) in [5, 5.41) is 3.05. The summed E-state index contributed by atoms with van der Waals surface area (Å²) in [6.45, 7) is 1.78. The molecule has 2 heterocycles. The molecule has 1 aromatic heterocycles. The fraction of sp³-hybridized carbons (Fsp3) is 0.412. The first-order valence-corrected chi connectivity index (χ1v) is 7.84. The molecule has 1 aliphatic heterocycles. The molecule has 1 aromatic carbocycles.